The number of rotatable bonds is 7. The third-order valence-corrected chi connectivity index (χ3v) is 3.83. The monoisotopic (exact) mass is 318 g/mol. The van der Waals surface area contributed by atoms with Crippen molar-refractivity contribution in [3.05, 3.63) is 29.8 Å². The van der Waals surface area contributed by atoms with Crippen molar-refractivity contribution in [1.82, 2.24) is 5.32 Å². The highest BCUT2D eigenvalue weighted by molar-refractivity contribution is 5.95. The maximum absolute atomic E-state index is 12.3. The number of aliphatic imine (C=N–C) groups is 1. The van der Waals surface area contributed by atoms with Crippen molar-refractivity contribution in [2.24, 2.45) is 10.7 Å². The van der Waals surface area contributed by atoms with Crippen molar-refractivity contribution in [2.45, 2.75) is 32.2 Å². The normalized spacial score (nSPS) is 15.4. The minimum Gasteiger partial charge on any atom is -0.383 e. The fraction of sp³-hybridized carbons (Fsp3) is 0.529. The smallest absolute Gasteiger partial charge is 0.227 e. The molecule has 23 heavy (non-hydrogen) atoms. The maximum Gasteiger partial charge on any atom is 0.227 e. The van der Waals surface area contributed by atoms with Gasteiger partial charge in [-0.3, -0.25) is 9.79 Å². The summed E-state index contributed by atoms with van der Waals surface area (Å²) >= 11 is 0. The van der Waals surface area contributed by atoms with E-state index in [0.717, 1.165) is 18.7 Å². The van der Waals surface area contributed by atoms with Crippen molar-refractivity contribution >= 4 is 17.6 Å². The Balaban J connectivity index is 1.73. The molecule has 1 aromatic carbocycles. The molecule has 126 valence electrons. The molecule has 3 N–H and O–H groups in total. The Morgan fingerprint density at radius 1 is 1.48 bits per heavy atom. The van der Waals surface area contributed by atoms with Crippen LogP contribution in [0.15, 0.2) is 29.3 Å². The van der Waals surface area contributed by atoms with Crippen LogP contribution in [-0.4, -0.2) is 44.7 Å². The third-order valence-electron chi connectivity index (χ3n) is 3.83. The van der Waals surface area contributed by atoms with E-state index in [0.29, 0.717) is 32.0 Å². The number of para-hydroxylation sites is 1. The molecule has 0 saturated carbocycles. The van der Waals surface area contributed by atoms with E-state index in [2.05, 4.69) is 16.4 Å². The summed E-state index contributed by atoms with van der Waals surface area (Å²) in [5.74, 6) is 0.554. The van der Waals surface area contributed by atoms with E-state index in [9.17, 15) is 4.79 Å². The van der Waals surface area contributed by atoms with Gasteiger partial charge in [0.05, 0.1) is 6.61 Å². The molecule has 1 aromatic rings. The summed E-state index contributed by atoms with van der Waals surface area (Å²) in [7, 11) is 1.65. The SMILES string of the molecule is COCC(C)NC(N)=NCCCC(=O)N1CCc2ccccc21. The Morgan fingerprint density at radius 2 is 2.26 bits per heavy atom. The van der Waals surface area contributed by atoms with Crippen LogP contribution in [0, 0.1) is 0 Å². The van der Waals surface area contributed by atoms with Gasteiger partial charge in [-0.2, -0.15) is 0 Å². The number of anilines is 1. The standard InChI is InChI=1S/C17H26N4O2/c1-13(12-23-2)20-17(18)19-10-5-8-16(22)21-11-9-14-6-3-4-7-15(14)21/h3-4,6-7,13H,5,8-12H2,1-2H3,(H3,18,19,20). The topological polar surface area (TPSA) is 80.0 Å². The van der Waals surface area contributed by atoms with Crippen LogP contribution in [0.1, 0.15) is 25.3 Å². The van der Waals surface area contributed by atoms with Crippen molar-refractivity contribution in [1.29, 1.82) is 0 Å². The summed E-state index contributed by atoms with van der Waals surface area (Å²) in [6.07, 6.45) is 2.12. The second-order valence-electron chi connectivity index (χ2n) is 5.80. The number of methoxy groups -OCH3 is 1. The molecular weight excluding hydrogens is 292 g/mol. The van der Waals surface area contributed by atoms with Crippen LogP contribution in [0.3, 0.4) is 0 Å². The number of hydrogen-bond acceptors (Lipinski definition) is 3. The molecule has 0 radical (unpaired) electrons. The number of ether oxygens (including phenoxy) is 1. The molecule has 0 aromatic heterocycles. The summed E-state index contributed by atoms with van der Waals surface area (Å²) in [6, 6.07) is 8.20. The number of carbonyl (C=O) groups is 1. The van der Waals surface area contributed by atoms with Crippen molar-refractivity contribution in [3.63, 3.8) is 0 Å². The van der Waals surface area contributed by atoms with Crippen LogP contribution >= 0.6 is 0 Å². The molecule has 0 fully saturated rings. The highest BCUT2D eigenvalue weighted by atomic mass is 16.5. The molecule has 6 heteroatoms. The van der Waals surface area contributed by atoms with Gasteiger partial charge in [0.15, 0.2) is 5.96 Å². The summed E-state index contributed by atoms with van der Waals surface area (Å²) < 4.78 is 5.02. The minimum atomic E-state index is 0.117. The molecule has 1 atom stereocenters. The highest BCUT2D eigenvalue weighted by Gasteiger charge is 2.23. The summed E-state index contributed by atoms with van der Waals surface area (Å²) in [5, 5.41) is 3.04. The number of nitrogens with two attached hydrogens (primary N) is 1. The number of hydrogen-bond donors (Lipinski definition) is 2. The Labute approximate surface area is 137 Å². The molecule has 0 aliphatic carbocycles. The zero-order chi connectivity index (χ0) is 16.7. The molecule has 1 aliphatic heterocycles. The van der Waals surface area contributed by atoms with Crippen LogP contribution < -0.4 is 16.0 Å². The molecule has 1 heterocycles. The Morgan fingerprint density at radius 3 is 3.04 bits per heavy atom. The second-order valence-corrected chi connectivity index (χ2v) is 5.80. The van der Waals surface area contributed by atoms with Gasteiger partial charge in [0.25, 0.3) is 0 Å². The quantitative estimate of drug-likeness (QED) is 0.451. The Kier molecular flexibility index (Phi) is 6.40. The molecule has 2 rings (SSSR count). The van der Waals surface area contributed by atoms with Gasteiger partial charge in [-0.25, -0.2) is 0 Å². The van der Waals surface area contributed by atoms with Crippen LogP contribution in [0.2, 0.25) is 0 Å². The van der Waals surface area contributed by atoms with Gasteiger partial charge in [-0.1, -0.05) is 18.2 Å². The van der Waals surface area contributed by atoms with E-state index < -0.39 is 0 Å². The predicted octanol–water partition coefficient (Wildman–Crippen LogP) is 1.30. The molecule has 6 nitrogen and oxygen atoms in total. The van der Waals surface area contributed by atoms with E-state index in [1.807, 2.05) is 30.0 Å². The lowest BCUT2D eigenvalue weighted by molar-refractivity contribution is -0.118. The van der Waals surface area contributed by atoms with Gasteiger partial charge in [0, 0.05) is 38.3 Å². The van der Waals surface area contributed by atoms with Crippen LogP contribution in [0.5, 0.6) is 0 Å². The fourth-order valence-corrected chi connectivity index (χ4v) is 2.75. The average Bonchev–Trinajstić information content (AvgIpc) is 2.95. The van der Waals surface area contributed by atoms with Gasteiger partial charge in [0.1, 0.15) is 0 Å². The number of nitrogens with zero attached hydrogens (tertiary/aromatic N) is 2. The third kappa shape index (κ3) is 4.96. The maximum atomic E-state index is 12.3. The van der Waals surface area contributed by atoms with Crippen LogP contribution in [0.4, 0.5) is 5.69 Å². The Bertz CT molecular complexity index is 559. The minimum absolute atomic E-state index is 0.117. The summed E-state index contributed by atoms with van der Waals surface area (Å²) in [6.45, 7) is 3.86. The van der Waals surface area contributed by atoms with Crippen molar-refractivity contribution in [3.8, 4) is 0 Å². The molecule has 1 amide bonds. The molecule has 0 saturated heterocycles. The first-order valence-electron chi connectivity index (χ1n) is 8.05. The predicted molar refractivity (Wildman–Crippen MR) is 92.7 cm³/mol. The average molecular weight is 318 g/mol. The molecular formula is C17H26N4O2. The number of guanidine groups is 1. The van der Waals surface area contributed by atoms with Gasteiger partial charge in [-0.15, -0.1) is 0 Å². The lowest BCUT2D eigenvalue weighted by Gasteiger charge is -2.17. The molecule has 1 unspecified atom stereocenters. The number of benzene rings is 1. The number of amides is 1. The lowest BCUT2D eigenvalue weighted by Crippen LogP contribution is -2.40. The first-order valence-corrected chi connectivity index (χ1v) is 8.05. The van der Waals surface area contributed by atoms with Gasteiger partial charge in [-0.05, 0) is 31.4 Å². The highest BCUT2D eigenvalue weighted by Crippen LogP contribution is 2.27. The Hall–Kier alpha value is -2.08. The lowest BCUT2D eigenvalue weighted by atomic mass is 10.2. The first kappa shape index (κ1) is 17.3. The van der Waals surface area contributed by atoms with E-state index >= 15 is 0 Å². The zero-order valence-electron chi connectivity index (χ0n) is 13.9. The van der Waals surface area contributed by atoms with E-state index in [1.54, 1.807) is 7.11 Å². The number of fused-ring (bicyclic) bond motifs is 1. The molecule has 0 bridgehead atoms. The number of carbonyl (C=O) groups excluding carboxylic acids is 1. The van der Waals surface area contributed by atoms with E-state index in [1.165, 1.54) is 5.56 Å². The van der Waals surface area contributed by atoms with Crippen LogP contribution in [-0.2, 0) is 16.0 Å². The van der Waals surface area contributed by atoms with Crippen molar-refractivity contribution in [2.75, 3.05) is 31.7 Å². The molecule has 0 spiro atoms. The van der Waals surface area contributed by atoms with E-state index in [-0.39, 0.29) is 11.9 Å². The van der Waals surface area contributed by atoms with Crippen LogP contribution in [0.25, 0.3) is 0 Å². The first-order chi connectivity index (χ1) is 11.1. The van der Waals surface area contributed by atoms with Gasteiger partial charge in [0.2, 0.25) is 5.91 Å². The summed E-state index contributed by atoms with van der Waals surface area (Å²) in [4.78, 5) is 18.5. The fourth-order valence-electron chi connectivity index (χ4n) is 2.75. The summed E-state index contributed by atoms with van der Waals surface area (Å²) in [5.41, 5.74) is 8.10. The van der Waals surface area contributed by atoms with Crippen molar-refractivity contribution < 1.29 is 9.53 Å². The second kappa shape index (κ2) is 8.53. The number of nitrogens with one attached hydrogen (secondary N) is 1. The van der Waals surface area contributed by atoms with E-state index in [4.69, 9.17) is 10.5 Å². The zero-order valence-corrected chi connectivity index (χ0v) is 13.9. The molecule has 1 aliphatic rings. The van der Waals surface area contributed by atoms with Gasteiger partial charge >= 0.3 is 0 Å². The van der Waals surface area contributed by atoms with Gasteiger partial charge < -0.3 is 20.7 Å². The largest absolute Gasteiger partial charge is 0.383 e.